The number of amides is 1. The van der Waals surface area contributed by atoms with Crippen molar-refractivity contribution in [3.05, 3.63) is 34.3 Å². The standard InChI is InChI=1S/C12H15BrN2O/c1-14-6-8-15(9-7-14)12(16)10-2-4-11(13)5-3-10/h2-5H,6-9H2,1H3/p+1. The van der Waals surface area contributed by atoms with Crippen molar-refractivity contribution in [3.8, 4) is 0 Å². The number of piperazine rings is 1. The fourth-order valence-corrected chi connectivity index (χ4v) is 2.13. The second-order valence-electron chi connectivity index (χ2n) is 4.26. The largest absolute Gasteiger partial charge is 0.334 e. The summed E-state index contributed by atoms with van der Waals surface area (Å²) in [4.78, 5) is 15.6. The molecule has 1 aliphatic heterocycles. The highest BCUT2D eigenvalue weighted by atomic mass is 79.9. The summed E-state index contributed by atoms with van der Waals surface area (Å²) >= 11 is 3.37. The maximum atomic E-state index is 12.1. The van der Waals surface area contributed by atoms with Gasteiger partial charge in [0.2, 0.25) is 0 Å². The minimum absolute atomic E-state index is 0.153. The molecule has 0 spiro atoms. The van der Waals surface area contributed by atoms with Crippen LogP contribution in [0.3, 0.4) is 0 Å². The third-order valence-corrected chi connectivity index (χ3v) is 3.52. The van der Waals surface area contributed by atoms with E-state index in [0.717, 1.165) is 36.2 Å². The van der Waals surface area contributed by atoms with Gasteiger partial charge in [0.15, 0.2) is 0 Å². The topological polar surface area (TPSA) is 24.8 Å². The molecule has 1 aromatic rings. The number of benzene rings is 1. The highest BCUT2D eigenvalue weighted by Crippen LogP contribution is 2.12. The molecule has 86 valence electrons. The van der Waals surface area contributed by atoms with Gasteiger partial charge in [0.05, 0.1) is 33.2 Å². The van der Waals surface area contributed by atoms with E-state index in [1.807, 2.05) is 29.2 Å². The Morgan fingerprint density at radius 3 is 2.38 bits per heavy atom. The Morgan fingerprint density at radius 2 is 1.81 bits per heavy atom. The van der Waals surface area contributed by atoms with Gasteiger partial charge in [-0.3, -0.25) is 4.79 Å². The zero-order chi connectivity index (χ0) is 11.5. The van der Waals surface area contributed by atoms with Crippen LogP contribution in [0.5, 0.6) is 0 Å². The van der Waals surface area contributed by atoms with E-state index in [4.69, 9.17) is 0 Å². The Balaban J connectivity index is 2.05. The predicted octanol–water partition coefficient (Wildman–Crippen LogP) is 0.420. The van der Waals surface area contributed by atoms with E-state index < -0.39 is 0 Å². The molecule has 1 amide bonds. The first kappa shape index (κ1) is 11.6. The maximum absolute atomic E-state index is 12.1. The molecule has 0 bridgehead atoms. The molecular formula is C12H16BrN2O+. The fraction of sp³-hybridized carbons (Fsp3) is 0.417. The average Bonchev–Trinajstić information content (AvgIpc) is 2.30. The van der Waals surface area contributed by atoms with Crippen LogP contribution in [0.1, 0.15) is 10.4 Å². The SMILES string of the molecule is C[NH+]1CCN(C(=O)c2ccc(Br)cc2)CC1. The van der Waals surface area contributed by atoms with E-state index in [1.54, 1.807) is 0 Å². The van der Waals surface area contributed by atoms with Crippen LogP contribution in [0.15, 0.2) is 28.7 Å². The van der Waals surface area contributed by atoms with E-state index in [2.05, 4.69) is 23.0 Å². The monoisotopic (exact) mass is 283 g/mol. The number of quaternary nitrogens is 1. The molecule has 0 radical (unpaired) electrons. The second kappa shape index (κ2) is 4.97. The molecule has 0 unspecified atom stereocenters. The lowest BCUT2D eigenvalue weighted by atomic mass is 10.2. The molecule has 0 saturated carbocycles. The lowest BCUT2D eigenvalue weighted by molar-refractivity contribution is -0.883. The van der Waals surface area contributed by atoms with Gasteiger partial charge in [-0.05, 0) is 24.3 Å². The van der Waals surface area contributed by atoms with Crippen LogP contribution in [-0.4, -0.2) is 44.0 Å². The summed E-state index contributed by atoms with van der Waals surface area (Å²) in [5.74, 6) is 0.153. The molecule has 1 N–H and O–H groups in total. The molecule has 0 aliphatic carbocycles. The Morgan fingerprint density at radius 1 is 1.25 bits per heavy atom. The van der Waals surface area contributed by atoms with Crippen molar-refractivity contribution in [2.45, 2.75) is 0 Å². The molecule has 1 fully saturated rings. The second-order valence-corrected chi connectivity index (χ2v) is 5.17. The van der Waals surface area contributed by atoms with Crippen LogP contribution < -0.4 is 4.90 Å². The Bertz CT molecular complexity index is 369. The van der Waals surface area contributed by atoms with Crippen LogP contribution in [0.25, 0.3) is 0 Å². The van der Waals surface area contributed by atoms with Gasteiger partial charge < -0.3 is 9.80 Å². The van der Waals surface area contributed by atoms with Gasteiger partial charge in [0, 0.05) is 10.0 Å². The van der Waals surface area contributed by atoms with Gasteiger partial charge in [0.25, 0.3) is 5.91 Å². The Labute approximate surface area is 104 Å². The number of carbonyl (C=O) groups excluding carboxylic acids is 1. The van der Waals surface area contributed by atoms with Crippen molar-refractivity contribution < 1.29 is 9.69 Å². The highest BCUT2D eigenvalue weighted by molar-refractivity contribution is 9.10. The van der Waals surface area contributed by atoms with Gasteiger partial charge in [-0.1, -0.05) is 15.9 Å². The fourth-order valence-electron chi connectivity index (χ4n) is 1.87. The van der Waals surface area contributed by atoms with Crippen LogP contribution in [0.2, 0.25) is 0 Å². The van der Waals surface area contributed by atoms with Crippen molar-refractivity contribution in [1.82, 2.24) is 4.90 Å². The van der Waals surface area contributed by atoms with E-state index >= 15 is 0 Å². The Hall–Kier alpha value is -0.870. The van der Waals surface area contributed by atoms with Gasteiger partial charge >= 0.3 is 0 Å². The zero-order valence-electron chi connectivity index (χ0n) is 9.37. The van der Waals surface area contributed by atoms with Gasteiger partial charge in [-0.2, -0.15) is 0 Å². The zero-order valence-corrected chi connectivity index (χ0v) is 11.0. The Kier molecular flexibility index (Phi) is 3.61. The van der Waals surface area contributed by atoms with Crippen molar-refractivity contribution in [3.63, 3.8) is 0 Å². The summed E-state index contributed by atoms with van der Waals surface area (Å²) in [6.07, 6.45) is 0. The number of hydrogen-bond donors (Lipinski definition) is 1. The molecular weight excluding hydrogens is 268 g/mol. The summed E-state index contributed by atoms with van der Waals surface area (Å²) in [5.41, 5.74) is 0.780. The first-order chi connectivity index (χ1) is 7.66. The van der Waals surface area contributed by atoms with Crippen molar-refractivity contribution in [1.29, 1.82) is 0 Å². The third-order valence-electron chi connectivity index (χ3n) is 3.00. The number of likely N-dealkylation sites (N-methyl/N-ethyl adjacent to an activating group) is 1. The normalized spacial score (nSPS) is 17.5. The summed E-state index contributed by atoms with van der Waals surface area (Å²) in [7, 11) is 2.17. The minimum Gasteiger partial charge on any atom is -0.334 e. The van der Waals surface area contributed by atoms with E-state index in [1.165, 1.54) is 4.90 Å². The summed E-state index contributed by atoms with van der Waals surface area (Å²) < 4.78 is 1.01. The third kappa shape index (κ3) is 2.62. The van der Waals surface area contributed by atoms with Crippen molar-refractivity contribution in [2.24, 2.45) is 0 Å². The molecule has 16 heavy (non-hydrogen) atoms. The predicted molar refractivity (Wildman–Crippen MR) is 66.7 cm³/mol. The van der Waals surface area contributed by atoms with Crippen LogP contribution in [0, 0.1) is 0 Å². The first-order valence-electron chi connectivity index (χ1n) is 5.53. The molecule has 1 heterocycles. The molecule has 1 saturated heterocycles. The number of hydrogen-bond acceptors (Lipinski definition) is 1. The molecule has 2 rings (SSSR count). The van der Waals surface area contributed by atoms with Gasteiger partial charge in [-0.15, -0.1) is 0 Å². The van der Waals surface area contributed by atoms with Crippen LogP contribution in [0.4, 0.5) is 0 Å². The molecule has 3 nitrogen and oxygen atoms in total. The maximum Gasteiger partial charge on any atom is 0.254 e. The summed E-state index contributed by atoms with van der Waals surface area (Å²) in [6.45, 7) is 3.81. The van der Waals surface area contributed by atoms with E-state index in [-0.39, 0.29) is 5.91 Å². The number of nitrogens with zero attached hydrogens (tertiary/aromatic N) is 1. The molecule has 1 aliphatic rings. The molecule has 1 aromatic carbocycles. The number of rotatable bonds is 1. The lowest BCUT2D eigenvalue weighted by Crippen LogP contribution is -3.12. The highest BCUT2D eigenvalue weighted by Gasteiger charge is 2.21. The smallest absolute Gasteiger partial charge is 0.254 e. The average molecular weight is 284 g/mol. The quantitative estimate of drug-likeness (QED) is 0.794. The van der Waals surface area contributed by atoms with Gasteiger partial charge in [0.1, 0.15) is 0 Å². The van der Waals surface area contributed by atoms with Crippen LogP contribution >= 0.6 is 15.9 Å². The van der Waals surface area contributed by atoms with E-state index in [0.29, 0.717) is 0 Å². The number of nitrogens with one attached hydrogen (secondary N) is 1. The van der Waals surface area contributed by atoms with E-state index in [9.17, 15) is 4.79 Å². The summed E-state index contributed by atoms with van der Waals surface area (Å²) in [5, 5.41) is 0. The molecule has 0 atom stereocenters. The lowest BCUT2D eigenvalue weighted by Gasteiger charge is -2.30. The first-order valence-corrected chi connectivity index (χ1v) is 6.32. The van der Waals surface area contributed by atoms with Crippen LogP contribution in [-0.2, 0) is 0 Å². The van der Waals surface area contributed by atoms with Crippen molar-refractivity contribution >= 4 is 21.8 Å². The van der Waals surface area contributed by atoms with Crippen molar-refractivity contribution in [2.75, 3.05) is 33.2 Å². The number of carbonyl (C=O) groups is 1. The minimum atomic E-state index is 0.153. The van der Waals surface area contributed by atoms with Gasteiger partial charge in [-0.25, -0.2) is 0 Å². The molecule has 0 aromatic heterocycles. The summed E-state index contributed by atoms with van der Waals surface area (Å²) in [6, 6.07) is 7.57. The number of halogens is 1. The molecule has 4 heteroatoms.